The SMILES string of the molecule is CCCCCN1CC(CCC(=O)O)COC1=O. The number of amides is 1. The van der Waals surface area contributed by atoms with E-state index in [1.807, 2.05) is 0 Å². The number of nitrogens with zero attached hydrogens (tertiary/aromatic N) is 1. The third kappa shape index (κ3) is 5.06. The van der Waals surface area contributed by atoms with Crippen molar-refractivity contribution in [3.8, 4) is 0 Å². The maximum absolute atomic E-state index is 11.5. The summed E-state index contributed by atoms with van der Waals surface area (Å²) in [4.78, 5) is 23.6. The molecular weight excluding hydrogens is 222 g/mol. The van der Waals surface area contributed by atoms with Crippen molar-refractivity contribution in [1.82, 2.24) is 4.90 Å². The van der Waals surface area contributed by atoms with Gasteiger partial charge >= 0.3 is 12.1 Å². The van der Waals surface area contributed by atoms with E-state index >= 15 is 0 Å². The lowest BCUT2D eigenvalue weighted by Gasteiger charge is -2.32. The smallest absolute Gasteiger partial charge is 0.409 e. The molecular formula is C12H21NO4. The molecule has 0 saturated carbocycles. The molecule has 0 bridgehead atoms. The van der Waals surface area contributed by atoms with Crippen molar-refractivity contribution in [2.45, 2.75) is 39.0 Å². The van der Waals surface area contributed by atoms with Crippen LogP contribution in [0.1, 0.15) is 39.0 Å². The quantitative estimate of drug-likeness (QED) is 0.695. The number of carboxylic acids is 1. The normalized spacial score (nSPS) is 20.2. The van der Waals surface area contributed by atoms with Crippen molar-refractivity contribution in [3.63, 3.8) is 0 Å². The van der Waals surface area contributed by atoms with Gasteiger partial charge in [0.25, 0.3) is 0 Å². The third-order valence-corrected chi connectivity index (χ3v) is 2.98. The van der Waals surface area contributed by atoms with Crippen LogP contribution in [-0.2, 0) is 9.53 Å². The second-order valence-corrected chi connectivity index (χ2v) is 4.53. The fourth-order valence-corrected chi connectivity index (χ4v) is 1.96. The topological polar surface area (TPSA) is 66.8 Å². The Bertz CT molecular complexity index is 267. The lowest BCUT2D eigenvalue weighted by atomic mass is 10.0. The second kappa shape index (κ2) is 7.14. The van der Waals surface area contributed by atoms with Gasteiger partial charge in [-0.1, -0.05) is 19.8 Å². The van der Waals surface area contributed by atoms with Gasteiger partial charge in [0.2, 0.25) is 0 Å². The maximum atomic E-state index is 11.5. The molecule has 1 rings (SSSR count). The number of aliphatic carboxylic acids is 1. The molecule has 0 aromatic heterocycles. The number of unbranched alkanes of at least 4 members (excludes halogenated alkanes) is 2. The van der Waals surface area contributed by atoms with Gasteiger partial charge in [0.05, 0.1) is 6.61 Å². The summed E-state index contributed by atoms with van der Waals surface area (Å²) in [6.45, 7) is 3.83. The molecule has 0 aromatic carbocycles. The number of carbonyl (C=O) groups is 2. The summed E-state index contributed by atoms with van der Waals surface area (Å²) < 4.78 is 5.06. The van der Waals surface area contributed by atoms with Crippen LogP contribution < -0.4 is 0 Å². The lowest BCUT2D eigenvalue weighted by molar-refractivity contribution is -0.137. The summed E-state index contributed by atoms with van der Waals surface area (Å²) in [6.07, 6.45) is 3.66. The van der Waals surface area contributed by atoms with Gasteiger partial charge in [-0.2, -0.15) is 0 Å². The van der Waals surface area contributed by atoms with Crippen molar-refractivity contribution >= 4 is 12.1 Å². The number of carbonyl (C=O) groups excluding carboxylic acids is 1. The maximum Gasteiger partial charge on any atom is 0.409 e. The summed E-state index contributed by atoms with van der Waals surface area (Å²) in [5.41, 5.74) is 0. The van der Waals surface area contributed by atoms with E-state index in [0.717, 1.165) is 25.8 Å². The fraction of sp³-hybridized carbons (Fsp3) is 0.833. The third-order valence-electron chi connectivity index (χ3n) is 2.98. The minimum Gasteiger partial charge on any atom is -0.481 e. The molecule has 0 aliphatic carbocycles. The van der Waals surface area contributed by atoms with Crippen LogP contribution in [0.4, 0.5) is 4.79 Å². The van der Waals surface area contributed by atoms with Gasteiger partial charge in [0, 0.05) is 25.4 Å². The predicted octanol–water partition coefficient (Wildman–Crippen LogP) is 2.11. The number of hydrogen-bond acceptors (Lipinski definition) is 3. The molecule has 1 saturated heterocycles. The molecule has 0 aromatic rings. The summed E-state index contributed by atoms with van der Waals surface area (Å²) in [5.74, 6) is -0.634. The minimum atomic E-state index is -0.792. The molecule has 1 unspecified atom stereocenters. The Labute approximate surface area is 102 Å². The lowest BCUT2D eigenvalue weighted by Crippen LogP contribution is -2.43. The van der Waals surface area contributed by atoms with Crippen molar-refractivity contribution < 1.29 is 19.4 Å². The van der Waals surface area contributed by atoms with Crippen molar-refractivity contribution in [2.75, 3.05) is 19.7 Å². The summed E-state index contributed by atoms with van der Waals surface area (Å²) in [5, 5.41) is 8.61. The molecule has 5 heteroatoms. The highest BCUT2D eigenvalue weighted by molar-refractivity contribution is 5.68. The average molecular weight is 243 g/mol. The van der Waals surface area contributed by atoms with Crippen molar-refractivity contribution in [3.05, 3.63) is 0 Å². The Kier molecular flexibility index (Phi) is 5.80. The molecule has 1 heterocycles. The fourth-order valence-electron chi connectivity index (χ4n) is 1.96. The largest absolute Gasteiger partial charge is 0.481 e. The summed E-state index contributed by atoms with van der Waals surface area (Å²) in [7, 11) is 0. The van der Waals surface area contributed by atoms with Crippen LogP contribution in [0.15, 0.2) is 0 Å². The number of cyclic esters (lactones) is 1. The van der Waals surface area contributed by atoms with Gasteiger partial charge in [0.1, 0.15) is 0 Å². The Morgan fingerprint density at radius 1 is 1.53 bits per heavy atom. The molecule has 0 radical (unpaired) electrons. The van der Waals surface area contributed by atoms with E-state index in [-0.39, 0.29) is 18.4 Å². The number of carboxylic acid groups (broad SMARTS) is 1. The highest BCUT2D eigenvalue weighted by Crippen LogP contribution is 2.17. The van der Waals surface area contributed by atoms with E-state index in [1.54, 1.807) is 4.90 Å². The van der Waals surface area contributed by atoms with Gasteiger partial charge in [-0.05, 0) is 12.8 Å². The monoisotopic (exact) mass is 243 g/mol. The van der Waals surface area contributed by atoms with Crippen LogP contribution in [0.3, 0.4) is 0 Å². The first kappa shape index (κ1) is 13.8. The summed E-state index contributed by atoms with van der Waals surface area (Å²) in [6, 6.07) is 0. The second-order valence-electron chi connectivity index (χ2n) is 4.53. The first-order valence-corrected chi connectivity index (χ1v) is 6.27. The standard InChI is InChI=1S/C12H21NO4/c1-2-3-4-7-13-8-10(5-6-11(14)15)9-17-12(13)16/h10H,2-9H2,1H3,(H,14,15). The van der Waals surface area contributed by atoms with E-state index < -0.39 is 5.97 Å². The Morgan fingerprint density at radius 3 is 2.94 bits per heavy atom. The molecule has 17 heavy (non-hydrogen) atoms. The zero-order valence-corrected chi connectivity index (χ0v) is 10.4. The van der Waals surface area contributed by atoms with E-state index in [1.165, 1.54) is 0 Å². The van der Waals surface area contributed by atoms with Gasteiger partial charge in [-0.3, -0.25) is 4.79 Å². The minimum absolute atomic E-state index is 0.144. The van der Waals surface area contributed by atoms with Crippen molar-refractivity contribution in [1.29, 1.82) is 0 Å². The molecule has 1 amide bonds. The first-order chi connectivity index (χ1) is 8.13. The Balaban J connectivity index is 2.31. The molecule has 1 atom stereocenters. The van der Waals surface area contributed by atoms with Gasteiger partial charge in [-0.15, -0.1) is 0 Å². The molecule has 1 aliphatic rings. The average Bonchev–Trinajstić information content (AvgIpc) is 2.30. The van der Waals surface area contributed by atoms with Crippen LogP contribution in [0.5, 0.6) is 0 Å². The van der Waals surface area contributed by atoms with Crippen LogP contribution in [0.25, 0.3) is 0 Å². The van der Waals surface area contributed by atoms with E-state index in [4.69, 9.17) is 9.84 Å². The van der Waals surface area contributed by atoms with E-state index in [2.05, 4.69) is 6.92 Å². The molecule has 1 N–H and O–H groups in total. The molecule has 0 spiro atoms. The van der Waals surface area contributed by atoms with Gasteiger partial charge in [0.15, 0.2) is 0 Å². The highest BCUT2D eigenvalue weighted by Gasteiger charge is 2.26. The molecule has 5 nitrogen and oxygen atoms in total. The Morgan fingerprint density at radius 2 is 2.29 bits per heavy atom. The van der Waals surface area contributed by atoms with Gasteiger partial charge < -0.3 is 14.7 Å². The highest BCUT2D eigenvalue weighted by atomic mass is 16.6. The van der Waals surface area contributed by atoms with Crippen LogP contribution in [0, 0.1) is 5.92 Å². The van der Waals surface area contributed by atoms with E-state index in [0.29, 0.717) is 19.6 Å². The Hall–Kier alpha value is -1.26. The number of hydrogen-bond donors (Lipinski definition) is 1. The van der Waals surface area contributed by atoms with Crippen LogP contribution in [0.2, 0.25) is 0 Å². The molecule has 1 aliphatic heterocycles. The first-order valence-electron chi connectivity index (χ1n) is 6.27. The predicted molar refractivity (Wildman–Crippen MR) is 62.8 cm³/mol. The molecule has 98 valence electrons. The number of rotatable bonds is 7. The van der Waals surface area contributed by atoms with Crippen LogP contribution >= 0.6 is 0 Å². The zero-order valence-electron chi connectivity index (χ0n) is 10.4. The molecule has 1 fully saturated rings. The zero-order chi connectivity index (χ0) is 12.7. The van der Waals surface area contributed by atoms with Gasteiger partial charge in [-0.25, -0.2) is 4.79 Å². The van der Waals surface area contributed by atoms with Crippen molar-refractivity contribution in [2.24, 2.45) is 5.92 Å². The number of ether oxygens (including phenoxy) is 1. The summed E-state index contributed by atoms with van der Waals surface area (Å²) >= 11 is 0. The van der Waals surface area contributed by atoms with E-state index in [9.17, 15) is 9.59 Å². The van der Waals surface area contributed by atoms with Crippen LogP contribution in [-0.4, -0.2) is 41.8 Å².